The van der Waals surface area contributed by atoms with Gasteiger partial charge in [-0.2, -0.15) is 0 Å². The molecule has 2 aliphatic heterocycles. The minimum atomic E-state index is -0.0930. The average molecular weight is 342 g/mol. The standard InChI is InChI=1S/C17H22Cl2N2O/c18-13-6-7-14(15(19)10-13)17(22)20-11-12-4-3-9-21-8-2-1-5-16(12)21/h6-7,10,12,16H,1-5,8-9,11H2,(H,20,22)/p+1/t12-,16+/m1/s1. The third kappa shape index (κ3) is 3.58. The highest BCUT2D eigenvalue weighted by Crippen LogP contribution is 2.22. The van der Waals surface area contributed by atoms with Gasteiger partial charge in [-0.15, -0.1) is 0 Å². The Morgan fingerprint density at radius 3 is 2.82 bits per heavy atom. The van der Waals surface area contributed by atoms with Crippen LogP contribution in [0.1, 0.15) is 42.5 Å². The molecule has 0 saturated carbocycles. The summed E-state index contributed by atoms with van der Waals surface area (Å²) < 4.78 is 0. The third-order valence-electron chi connectivity index (χ3n) is 5.13. The first-order chi connectivity index (χ1) is 10.6. The molecule has 0 radical (unpaired) electrons. The van der Waals surface area contributed by atoms with Crippen molar-refractivity contribution in [1.29, 1.82) is 0 Å². The van der Waals surface area contributed by atoms with E-state index in [1.54, 1.807) is 23.1 Å². The monoisotopic (exact) mass is 341 g/mol. The number of carbonyl (C=O) groups is 1. The van der Waals surface area contributed by atoms with Crippen molar-refractivity contribution >= 4 is 29.1 Å². The topological polar surface area (TPSA) is 33.5 Å². The fraction of sp³-hybridized carbons (Fsp3) is 0.588. The van der Waals surface area contributed by atoms with E-state index in [1.165, 1.54) is 45.2 Å². The van der Waals surface area contributed by atoms with Crippen LogP contribution >= 0.6 is 23.2 Å². The number of quaternary nitrogens is 1. The number of piperidine rings is 2. The molecule has 2 aliphatic rings. The number of hydrogen-bond acceptors (Lipinski definition) is 1. The summed E-state index contributed by atoms with van der Waals surface area (Å²) in [6.45, 7) is 3.36. The van der Waals surface area contributed by atoms with Gasteiger partial charge in [0.15, 0.2) is 0 Å². The molecule has 5 heteroatoms. The van der Waals surface area contributed by atoms with Gasteiger partial charge in [-0.05, 0) is 50.3 Å². The van der Waals surface area contributed by atoms with Gasteiger partial charge in [-0.1, -0.05) is 23.2 Å². The maximum Gasteiger partial charge on any atom is 0.252 e. The smallest absolute Gasteiger partial charge is 0.252 e. The fourth-order valence-corrected chi connectivity index (χ4v) is 4.51. The Bertz CT molecular complexity index is 547. The fourth-order valence-electron chi connectivity index (χ4n) is 4.01. The van der Waals surface area contributed by atoms with Gasteiger partial charge in [-0.3, -0.25) is 4.79 Å². The molecule has 1 aromatic carbocycles. The highest BCUT2D eigenvalue weighted by molar-refractivity contribution is 6.36. The predicted molar refractivity (Wildman–Crippen MR) is 89.9 cm³/mol. The van der Waals surface area contributed by atoms with Gasteiger partial charge < -0.3 is 10.2 Å². The zero-order chi connectivity index (χ0) is 15.5. The van der Waals surface area contributed by atoms with Crippen LogP contribution in [0, 0.1) is 5.92 Å². The molecule has 3 atom stereocenters. The highest BCUT2D eigenvalue weighted by Gasteiger charge is 2.36. The first-order valence-electron chi connectivity index (χ1n) is 8.23. The Kier molecular flexibility index (Phi) is 5.27. The average Bonchev–Trinajstić information content (AvgIpc) is 2.52. The Labute approximate surface area is 142 Å². The lowest BCUT2D eigenvalue weighted by molar-refractivity contribution is -0.939. The maximum atomic E-state index is 12.3. The van der Waals surface area contributed by atoms with Gasteiger partial charge in [-0.25, -0.2) is 0 Å². The first-order valence-corrected chi connectivity index (χ1v) is 8.98. The molecule has 3 rings (SSSR count). The van der Waals surface area contributed by atoms with Crippen LogP contribution in [-0.2, 0) is 0 Å². The van der Waals surface area contributed by atoms with Gasteiger partial charge in [0.05, 0.1) is 29.7 Å². The molecule has 22 heavy (non-hydrogen) atoms. The van der Waals surface area contributed by atoms with Gasteiger partial charge in [0.2, 0.25) is 0 Å². The van der Waals surface area contributed by atoms with Crippen LogP contribution in [-0.4, -0.2) is 31.6 Å². The molecule has 2 heterocycles. The second kappa shape index (κ2) is 7.20. The molecule has 2 fully saturated rings. The third-order valence-corrected chi connectivity index (χ3v) is 5.68. The molecule has 0 bridgehead atoms. The number of benzene rings is 1. The van der Waals surface area contributed by atoms with Crippen LogP contribution < -0.4 is 10.2 Å². The van der Waals surface area contributed by atoms with E-state index in [1.807, 2.05) is 0 Å². The van der Waals surface area contributed by atoms with Gasteiger partial charge in [0, 0.05) is 17.5 Å². The van der Waals surface area contributed by atoms with E-state index >= 15 is 0 Å². The number of fused-ring (bicyclic) bond motifs is 1. The summed E-state index contributed by atoms with van der Waals surface area (Å²) in [4.78, 5) is 14.1. The van der Waals surface area contributed by atoms with Crippen LogP contribution in [0.2, 0.25) is 10.0 Å². The Morgan fingerprint density at radius 2 is 2.00 bits per heavy atom. The number of carbonyl (C=O) groups excluding carboxylic acids is 1. The first kappa shape index (κ1) is 16.1. The molecule has 2 N–H and O–H groups in total. The van der Waals surface area contributed by atoms with Crippen LogP contribution in [0.25, 0.3) is 0 Å². The van der Waals surface area contributed by atoms with Crippen molar-refractivity contribution in [2.24, 2.45) is 5.92 Å². The van der Waals surface area contributed by atoms with Crippen molar-refractivity contribution in [3.63, 3.8) is 0 Å². The van der Waals surface area contributed by atoms with E-state index in [-0.39, 0.29) is 5.91 Å². The lowest BCUT2D eigenvalue weighted by Gasteiger charge is -2.41. The number of rotatable bonds is 3. The van der Waals surface area contributed by atoms with Crippen LogP contribution in [0.5, 0.6) is 0 Å². The SMILES string of the molecule is O=C(NC[C@H]1CCC[NH+]2CCCC[C@@H]12)c1ccc(Cl)cc1Cl. The lowest BCUT2D eigenvalue weighted by Crippen LogP contribution is -3.18. The zero-order valence-corrected chi connectivity index (χ0v) is 14.2. The summed E-state index contributed by atoms with van der Waals surface area (Å²) in [6, 6.07) is 5.74. The molecule has 0 spiro atoms. The van der Waals surface area contributed by atoms with Crippen molar-refractivity contribution < 1.29 is 9.69 Å². The second-order valence-corrected chi connectivity index (χ2v) is 7.34. The van der Waals surface area contributed by atoms with E-state index < -0.39 is 0 Å². The maximum absolute atomic E-state index is 12.3. The second-order valence-electron chi connectivity index (χ2n) is 6.50. The van der Waals surface area contributed by atoms with E-state index in [0.717, 1.165) is 12.6 Å². The molecule has 0 aliphatic carbocycles. The normalized spacial score (nSPS) is 28.0. The van der Waals surface area contributed by atoms with Gasteiger partial charge in [0.25, 0.3) is 5.91 Å². The predicted octanol–water partition coefficient (Wildman–Crippen LogP) is 2.57. The summed E-state index contributed by atoms with van der Waals surface area (Å²) in [5.74, 6) is 0.503. The minimum Gasteiger partial charge on any atom is -0.351 e. The largest absolute Gasteiger partial charge is 0.351 e. The zero-order valence-electron chi connectivity index (χ0n) is 12.7. The number of halogens is 2. The van der Waals surface area contributed by atoms with Crippen molar-refractivity contribution in [3.05, 3.63) is 33.8 Å². The number of amides is 1. The summed E-state index contributed by atoms with van der Waals surface area (Å²) in [7, 11) is 0. The van der Waals surface area contributed by atoms with E-state index in [9.17, 15) is 4.79 Å². The molecule has 120 valence electrons. The van der Waals surface area contributed by atoms with E-state index in [2.05, 4.69) is 5.32 Å². The molecule has 0 aromatic heterocycles. The van der Waals surface area contributed by atoms with Crippen molar-refractivity contribution in [3.8, 4) is 0 Å². The van der Waals surface area contributed by atoms with Gasteiger partial charge in [0.1, 0.15) is 0 Å². The lowest BCUT2D eigenvalue weighted by atomic mass is 9.83. The summed E-state index contributed by atoms with van der Waals surface area (Å²) in [5.41, 5.74) is 0.509. The Morgan fingerprint density at radius 1 is 1.18 bits per heavy atom. The summed E-state index contributed by atoms with van der Waals surface area (Å²) in [6.07, 6.45) is 6.49. The molecule has 2 saturated heterocycles. The molecular formula is C17H23Cl2N2O+. The van der Waals surface area contributed by atoms with Crippen LogP contribution in [0.3, 0.4) is 0 Å². The Hall–Kier alpha value is -0.770. The number of hydrogen-bond donors (Lipinski definition) is 2. The summed E-state index contributed by atoms with van der Waals surface area (Å²) in [5, 5.41) is 4.05. The molecule has 1 unspecified atom stereocenters. The molecule has 3 nitrogen and oxygen atoms in total. The quantitative estimate of drug-likeness (QED) is 0.870. The molecular weight excluding hydrogens is 319 g/mol. The molecule has 1 amide bonds. The van der Waals surface area contributed by atoms with Crippen LogP contribution in [0.4, 0.5) is 0 Å². The van der Waals surface area contributed by atoms with E-state index in [4.69, 9.17) is 23.2 Å². The molecule has 1 aromatic rings. The van der Waals surface area contributed by atoms with Crippen LogP contribution in [0.15, 0.2) is 18.2 Å². The number of nitrogens with one attached hydrogen (secondary N) is 2. The highest BCUT2D eigenvalue weighted by atomic mass is 35.5. The minimum absolute atomic E-state index is 0.0930. The summed E-state index contributed by atoms with van der Waals surface area (Å²) >= 11 is 12.0. The van der Waals surface area contributed by atoms with Crippen molar-refractivity contribution in [2.75, 3.05) is 19.6 Å². The van der Waals surface area contributed by atoms with Crippen molar-refractivity contribution in [1.82, 2.24) is 5.32 Å². The van der Waals surface area contributed by atoms with E-state index in [0.29, 0.717) is 21.5 Å². The van der Waals surface area contributed by atoms with Crippen molar-refractivity contribution in [2.45, 2.75) is 38.1 Å². The Balaban J connectivity index is 1.60. The van der Waals surface area contributed by atoms with Gasteiger partial charge >= 0.3 is 0 Å².